The Morgan fingerprint density at radius 1 is 1.00 bits per heavy atom. The summed E-state index contributed by atoms with van der Waals surface area (Å²) < 4.78 is 7.40. The molecule has 1 amide bonds. The maximum Gasteiger partial charge on any atom is 0.302 e. The lowest BCUT2D eigenvalue weighted by Gasteiger charge is -2.16. The van der Waals surface area contributed by atoms with Gasteiger partial charge in [-0.2, -0.15) is 5.10 Å². The molecule has 11 heteroatoms. The van der Waals surface area contributed by atoms with Crippen molar-refractivity contribution in [2.75, 3.05) is 37.9 Å². The Hall–Kier alpha value is -5.08. The van der Waals surface area contributed by atoms with Crippen molar-refractivity contribution < 1.29 is 9.53 Å². The van der Waals surface area contributed by atoms with Crippen molar-refractivity contribution in [1.29, 1.82) is 0 Å². The van der Waals surface area contributed by atoms with E-state index >= 15 is 0 Å². The first-order valence-corrected chi connectivity index (χ1v) is 11.3. The van der Waals surface area contributed by atoms with Crippen LogP contribution in [0, 0.1) is 11.8 Å². The topological polar surface area (TPSA) is 114 Å². The zero-order valence-electron chi connectivity index (χ0n) is 20.5. The SMILES string of the molecule is CN(C)CC#CC(=O)N(C)c1ccc2ncnc(Nc3ccc(Oc4cc5ncnn5cn4)cc3)c2c1. The molecule has 0 fully saturated rings. The molecule has 11 nitrogen and oxygen atoms in total. The van der Waals surface area contributed by atoms with E-state index in [2.05, 4.69) is 42.2 Å². The predicted molar refractivity (Wildman–Crippen MR) is 140 cm³/mol. The van der Waals surface area contributed by atoms with Crippen molar-refractivity contribution in [3.05, 3.63) is 67.5 Å². The Bertz CT molecular complexity index is 1640. The highest BCUT2D eigenvalue weighted by Gasteiger charge is 2.12. The van der Waals surface area contributed by atoms with E-state index in [0.29, 0.717) is 35.3 Å². The van der Waals surface area contributed by atoms with Crippen LogP contribution in [0.15, 0.2) is 67.5 Å². The molecule has 0 unspecified atom stereocenters. The van der Waals surface area contributed by atoms with Gasteiger partial charge in [0.25, 0.3) is 0 Å². The molecule has 3 aromatic heterocycles. The van der Waals surface area contributed by atoms with E-state index in [4.69, 9.17) is 4.74 Å². The van der Waals surface area contributed by atoms with Gasteiger partial charge in [-0.25, -0.2) is 24.5 Å². The van der Waals surface area contributed by atoms with Crippen molar-refractivity contribution in [3.8, 4) is 23.5 Å². The van der Waals surface area contributed by atoms with Crippen LogP contribution in [0.1, 0.15) is 0 Å². The summed E-state index contributed by atoms with van der Waals surface area (Å²) in [5.41, 5.74) is 2.88. The smallest absolute Gasteiger partial charge is 0.302 e. The van der Waals surface area contributed by atoms with Crippen molar-refractivity contribution in [3.63, 3.8) is 0 Å². The normalized spacial score (nSPS) is 10.8. The number of ether oxygens (including phenoxy) is 1. The quantitative estimate of drug-likeness (QED) is 0.356. The van der Waals surface area contributed by atoms with Crippen LogP contribution in [0.25, 0.3) is 16.6 Å². The van der Waals surface area contributed by atoms with Crippen LogP contribution in [-0.2, 0) is 4.79 Å². The van der Waals surface area contributed by atoms with Crippen LogP contribution >= 0.6 is 0 Å². The summed E-state index contributed by atoms with van der Waals surface area (Å²) in [6.07, 6.45) is 4.50. The van der Waals surface area contributed by atoms with Crippen molar-refractivity contribution in [2.45, 2.75) is 0 Å². The fourth-order valence-electron chi connectivity index (χ4n) is 3.46. The molecule has 0 radical (unpaired) electrons. The molecule has 0 atom stereocenters. The average Bonchev–Trinajstić information content (AvgIpc) is 3.37. The zero-order valence-corrected chi connectivity index (χ0v) is 20.5. The van der Waals surface area contributed by atoms with E-state index < -0.39 is 0 Å². The third kappa shape index (κ3) is 5.44. The Kier molecular flexibility index (Phi) is 6.56. The van der Waals surface area contributed by atoms with Crippen LogP contribution in [0.4, 0.5) is 17.2 Å². The predicted octanol–water partition coefficient (Wildman–Crippen LogP) is 3.13. The first-order chi connectivity index (χ1) is 18.0. The van der Waals surface area contributed by atoms with Gasteiger partial charge < -0.3 is 15.0 Å². The number of benzene rings is 2. The second-order valence-electron chi connectivity index (χ2n) is 8.37. The summed E-state index contributed by atoms with van der Waals surface area (Å²) in [6, 6.07) is 14.7. The number of hydrogen-bond donors (Lipinski definition) is 1. The molecule has 0 spiro atoms. The van der Waals surface area contributed by atoms with Gasteiger partial charge in [0.15, 0.2) is 5.65 Å². The van der Waals surface area contributed by atoms with Crippen LogP contribution in [0.5, 0.6) is 11.6 Å². The van der Waals surface area contributed by atoms with Gasteiger partial charge in [0.2, 0.25) is 5.88 Å². The molecule has 2 aromatic carbocycles. The maximum absolute atomic E-state index is 12.5. The molecule has 5 rings (SSSR count). The largest absolute Gasteiger partial charge is 0.439 e. The number of nitrogens with one attached hydrogen (secondary N) is 1. The van der Waals surface area contributed by atoms with Gasteiger partial charge in [0, 0.05) is 29.9 Å². The number of anilines is 3. The van der Waals surface area contributed by atoms with Crippen molar-refractivity contribution in [2.24, 2.45) is 0 Å². The Morgan fingerprint density at radius 2 is 1.84 bits per heavy atom. The Morgan fingerprint density at radius 3 is 2.65 bits per heavy atom. The fourth-order valence-corrected chi connectivity index (χ4v) is 3.46. The second-order valence-corrected chi connectivity index (χ2v) is 8.37. The van der Waals surface area contributed by atoms with E-state index in [-0.39, 0.29) is 5.91 Å². The lowest BCUT2D eigenvalue weighted by Crippen LogP contribution is -2.24. The molecule has 0 aliphatic carbocycles. The lowest BCUT2D eigenvalue weighted by atomic mass is 10.2. The average molecular weight is 494 g/mol. The Balaban J connectivity index is 1.33. The first-order valence-electron chi connectivity index (χ1n) is 11.3. The van der Waals surface area contributed by atoms with Gasteiger partial charge >= 0.3 is 5.91 Å². The number of carbonyl (C=O) groups is 1. The molecule has 0 bridgehead atoms. The molecule has 37 heavy (non-hydrogen) atoms. The Labute approximate surface area is 212 Å². The highest BCUT2D eigenvalue weighted by Crippen LogP contribution is 2.28. The first kappa shape index (κ1) is 23.7. The summed E-state index contributed by atoms with van der Waals surface area (Å²) in [5, 5.41) is 8.11. The molecular formula is C26H23N9O2. The molecule has 0 saturated heterocycles. The van der Waals surface area contributed by atoms with Crippen molar-refractivity contribution in [1.82, 2.24) is 34.4 Å². The molecular weight excluding hydrogens is 470 g/mol. The maximum atomic E-state index is 12.5. The van der Waals surface area contributed by atoms with Gasteiger partial charge in [0.1, 0.15) is 30.5 Å². The zero-order chi connectivity index (χ0) is 25.8. The summed E-state index contributed by atoms with van der Waals surface area (Å²) in [7, 11) is 5.50. The minimum absolute atomic E-state index is 0.291. The second kappa shape index (κ2) is 10.3. The molecule has 5 aromatic rings. The standard InChI is InChI=1S/C26H23N9O2/c1-33(2)12-4-5-25(36)34(3)19-8-11-22-21(13-19)26(29-15-27-22)32-18-6-9-20(10-7-18)37-24-14-23-28-16-31-35(23)17-30-24/h6-11,13-17H,12H2,1-3H3,(H,27,29,32). The summed E-state index contributed by atoms with van der Waals surface area (Å²) in [6.45, 7) is 0.511. The van der Waals surface area contributed by atoms with Crippen LogP contribution in [0.3, 0.4) is 0 Å². The summed E-state index contributed by atoms with van der Waals surface area (Å²) >= 11 is 0. The number of fused-ring (bicyclic) bond motifs is 2. The van der Waals surface area contributed by atoms with Gasteiger partial charge in [0.05, 0.1) is 12.1 Å². The monoisotopic (exact) mass is 493 g/mol. The molecule has 1 N–H and O–H groups in total. The van der Waals surface area contributed by atoms with Gasteiger partial charge in [-0.3, -0.25) is 9.69 Å². The number of carbonyl (C=O) groups excluding carboxylic acids is 1. The van der Waals surface area contributed by atoms with Gasteiger partial charge in [-0.05, 0) is 62.5 Å². The highest BCUT2D eigenvalue weighted by atomic mass is 16.5. The van der Waals surface area contributed by atoms with Crippen LogP contribution in [0.2, 0.25) is 0 Å². The lowest BCUT2D eigenvalue weighted by molar-refractivity contribution is -0.113. The van der Waals surface area contributed by atoms with Crippen LogP contribution < -0.4 is 15.0 Å². The number of amides is 1. The van der Waals surface area contributed by atoms with E-state index in [1.54, 1.807) is 24.0 Å². The number of rotatable bonds is 6. The van der Waals surface area contributed by atoms with Crippen LogP contribution in [-0.4, -0.2) is 68.0 Å². The molecule has 3 heterocycles. The third-order valence-electron chi connectivity index (χ3n) is 5.39. The fraction of sp³-hybridized carbons (Fsp3) is 0.154. The van der Waals surface area contributed by atoms with E-state index in [1.807, 2.05) is 61.5 Å². The van der Waals surface area contributed by atoms with Gasteiger partial charge in [-0.15, -0.1) is 0 Å². The minimum atomic E-state index is -0.291. The molecule has 0 aliphatic heterocycles. The number of aromatic nitrogens is 6. The summed E-state index contributed by atoms with van der Waals surface area (Å²) in [5.74, 6) is 6.89. The highest BCUT2D eigenvalue weighted by molar-refractivity contribution is 6.06. The van der Waals surface area contributed by atoms with Gasteiger partial charge in [-0.1, -0.05) is 5.92 Å². The molecule has 0 aliphatic rings. The molecule has 184 valence electrons. The van der Waals surface area contributed by atoms with E-state index in [9.17, 15) is 4.79 Å². The van der Waals surface area contributed by atoms with Crippen molar-refractivity contribution >= 4 is 39.6 Å². The number of nitrogens with zero attached hydrogens (tertiary/aromatic N) is 8. The summed E-state index contributed by atoms with van der Waals surface area (Å²) in [4.78, 5) is 33.0. The molecule has 0 saturated carbocycles. The number of hydrogen-bond acceptors (Lipinski definition) is 9. The third-order valence-corrected chi connectivity index (χ3v) is 5.39. The minimum Gasteiger partial charge on any atom is -0.439 e. The van der Waals surface area contributed by atoms with E-state index in [1.165, 1.54) is 17.6 Å². The van der Waals surface area contributed by atoms with E-state index in [0.717, 1.165) is 16.6 Å².